The molecule has 0 unspecified atom stereocenters. The molecule has 0 saturated heterocycles. The summed E-state index contributed by atoms with van der Waals surface area (Å²) in [6.45, 7) is 6.57. The summed E-state index contributed by atoms with van der Waals surface area (Å²) in [7, 11) is -4.15. The van der Waals surface area contributed by atoms with E-state index in [1.165, 1.54) is 37.3 Å². The number of hydrogen-bond acceptors (Lipinski definition) is 5. The molecule has 0 aromatic heterocycles. The number of ether oxygens (including phenoxy) is 1. The molecule has 0 heterocycles. The topological polar surface area (TPSA) is 102 Å². The highest BCUT2D eigenvalue weighted by Gasteiger charge is 2.23. The van der Waals surface area contributed by atoms with E-state index in [1.54, 1.807) is 20.8 Å². The highest BCUT2D eigenvalue weighted by atomic mass is 32.2. The molecule has 0 fully saturated rings. The van der Waals surface area contributed by atoms with Crippen molar-refractivity contribution < 1.29 is 27.1 Å². The molecule has 7 nitrogen and oxygen atoms in total. The van der Waals surface area contributed by atoms with Crippen molar-refractivity contribution in [3.05, 3.63) is 59.4 Å². The number of aryl methyl sites for hydroxylation is 1. The van der Waals surface area contributed by atoms with Crippen LogP contribution in [0.15, 0.2) is 47.4 Å². The smallest absolute Gasteiger partial charge is 0.339 e. The number of hydrogen-bond donors (Lipinski definition) is 2. The lowest BCUT2D eigenvalue weighted by molar-refractivity contribution is -0.129. The average molecular weight is 422 g/mol. The Labute approximate surface area is 169 Å². The molecule has 0 aliphatic carbocycles. The normalized spacial score (nSPS) is 12.3. The molecule has 2 rings (SSSR count). The Balaban J connectivity index is 2.26. The summed E-state index contributed by atoms with van der Waals surface area (Å²) in [6, 6.07) is 9.07. The third-order valence-electron chi connectivity index (χ3n) is 3.94. The standard InChI is InChI=1S/C20H23FN2O5S/c1-12(2)22-19(24)14(4)28-20(25)16-11-15(10-9-13(16)3)29(26,27)23-18-8-6-5-7-17(18)21/h5-12,14,23H,1-4H3,(H,22,24)/t14-/m1/s1. The third kappa shape index (κ3) is 5.77. The Hall–Kier alpha value is -2.94. The van der Waals surface area contributed by atoms with Crippen molar-refractivity contribution in [1.29, 1.82) is 0 Å². The molecule has 2 aromatic carbocycles. The van der Waals surface area contributed by atoms with Crippen molar-refractivity contribution in [2.45, 2.75) is 44.7 Å². The molecule has 0 saturated carbocycles. The summed E-state index contributed by atoms with van der Waals surface area (Å²) in [6.07, 6.45) is -1.05. The summed E-state index contributed by atoms with van der Waals surface area (Å²) in [4.78, 5) is 24.2. The van der Waals surface area contributed by atoms with Crippen molar-refractivity contribution in [2.24, 2.45) is 0 Å². The van der Waals surface area contributed by atoms with Gasteiger partial charge in [0.05, 0.1) is 16.1 Å². The van der Waals surface area contributed by atoms with E-state index in [4.69, 9.17) is 4.74 Å². The Morgan fingerprint density at radius 3 is 2.34 bits per heavy atom. The SMILES string of the molecule is Cc1ccc(S(=O)(=O)Nc2ccccc2F)cc1C(=O)O[C@H](C)C(=O)NC(C)C. The number of amides is 1. The van der Waals surface area contributed by atoms with Crippen LogP contribution >= 0.6 is 0 Å². The summed E-state index contributed by atoms with van der Waals surface area (Å²) in [5.41, 5.74) is 0.248. The van der Waals surface area contributed by atoms with Gasteiger partial charge in [-0.1, -0.05) is 18.2 Å². The summed E-state index contributed by atoms with van der Waals surface area (Å²) in [5, 5.41) is 2.62. The van der Waals surface area contributed by atoms with Gasteiger partial charge in [0.25, 0.3) is 15.9 Å². The summed E-state index contributed by atoms with van der Waals surface area (Å²) < 4.78 is 46.3. The van der Waals surface area contributed by atoms with Crippen molar-refractivity contribution in [3.63, 3.8) is 0 Å². The third-order valence-corrected chi connectivity index (χ3v) is 5.30. The van der Waals surface area contributed by atoms with Crippen molar-refractivity contribution >= 4 is 27.6 Å². The van der Waals surface area contributed by atoms with Crippen LogP contribution in [0.2, 0.25) is 0 Å². The first-order valence-corrected chi connectivity index (χ1v) is 10.4. The van der Waals surface area contributed by atoms with Gasteiger partial charge in [0.1, 0.15) is 5.82 Å². The minimum Gasteiger partial charge on any atom is -0.449 e. The molecular weight excluding hydrogens is 399 g/mol. The molecule has 1 amide bonds. The number of esters is 1. The average Bonchev–Trinajstić information content (AvgIpc) is 2.63. The maximum atomic E-state index is 13.8. The predicted octanol–water partition coefficient (Wildman–Crippen LogP) is 3.00. The minimum atomic E-state index is -4.15. The lowest BCUT2D eigenvalue weighted by Crippen LogP contribution is -2.39. The quantitative estimate of drug-likeness (QED) is 0.668. The van der Waals surface area contributed by atoms with Gasteiger partial charge in [0.15, 0.2) is 6.10 Å². The number of sulfonamides is 1. The number of carbonyl (C=O) groups is 2. The van der Waals surface area contributed by atoms with Gasteiger partial charge in [0, 0.05) is 6.04 Å². The minimum absolute atomic E-state index is 0.00870. The lowest BCUT2D eigenvalue weighted by atomic mass is 10.1. The van der Waals surface area contributed by atoms with Crippen LogP contribution in [0.1, 0.15) is 36.7 Å². The Morgan fingerprint density at radius 2 is 1.72 bits per heavy atom. The molecule has 29 heavy (non-hydrogen) atoms. The van der Waals surface area contributed by atoms with Crippen LogP contribution in [0.5, 0.6) is 0 Å². The van der Waals surface area contributed by atoms with E-state index >= 15 is 0 Å². The van der Waals surface area contributed by atoms with Gasteiger partial charge in [-0.25, -0.2) is 17.6 Å². The van der Waals surface area contributed by atoms with Crippen LogP contribution in [0.4, 0.5) is 10.1 Å². The van der Waals surface area contributed by atoms with E-state index in [1.807, 2.05) is 0 Å². The van der Waals surface area contributed by atoms with E-state index in [2.05, 4.69) is 10.0 Å². The molecule has 2 aromatic rings. The highest BCUT2D eigenvalue weighted by Crippen LogP contribution is 2.22. The molecule has 0 aliphatic rings. The van der Waals surface area contributed by atoms with Crippen LogP contribution < -0.4 is 10.0 Å². The molecule has 156 valence electrons. The van der Waals surface area contributed by atoms with Gasteiger partial charge in [-0.2, -0.15) is 0 Å². The first-order chi connectivity index (χ1) is 13.5. The number of rotatable bonds is 7. The van der Waals surface area contributed by atoms with Crippen molar-refractivity contribution in [3.8, 4) is 0 Å². The lowest BCUT2D eigenvalue weighted by Gasteiger charge is -2.16. The van der Waals surface area contributed by atoms with Crippen LogP contribution in [-0.2, 0) is 19.6 Å². The maximum absolute atomic E-state index is 13.8. The second-order valence-corrected chi connectivity index (χ2v) is 8.46. The van der Waals surface area contributed by atoms with E-state index in [0.717, 1.165) is 12.1 Å². The summed E-state index contributed by atoms with van der Waals surface area (Å²) in [5.74, 6) is -2.03. The van der Waals surface area contributed by atoms with Crippen molar-refractivity contribution in [1.82, 2.24) is 5.32 Å². The van der Waals surface area contributed by atoms with E-state index in [9.17, 15) is 22.4 Å². The molecule has 0 radical (unpaired) electrons. The fourth-order valence-electron chi connectivity index (χ4n) is 2.42. The van der Waals surface area contributed by atoms with Gasteiger partial charge < -0.3 is 10.1 Å². The molecule has 9 heteroatoms. The van der Waals surface area contributed by atoms with Gasteiger partial charge >= 0.3 is 5.97 Å². The van der Waals surface area contributed by atoms with Crippen LogP contribution in [-0.4, -0.2) is 32.4 Å². The van der Waals surface area contributed by atoms with Gasteiger partial charge in [0.2, 0.25) is 0 Å². The molecule has 0 bridgehead atoms. The van der Waals surface area contributed by atoms with E-state index in [-0.39, 0.29) is 22.2 Å². The van der Waals surface area contributed by atoms with E-state index in [0.29, 0.717) is 5.56 Å². The fraction of sp³-hybridized carbons (Fsp3) is 0.300. The molecule has 0 spiro atoms. The number of nitrogens with one attached hydrogen (secondary N) is 2. The first kappa shape index (κ1) is 22.4. The highest BCUT2D eigenvalue weighted by molar-refractivity contribution is 7.92. The first-order valence-electron chi connectivity index (χ1n) is 8.90. The fourth-order valence-corrected chi connectivity index (χ4v) is 3.51. The zero-order valence-corrected chi connectivity index (χ0v) is 17.3. The second kappa shape index (κ2) is 9.04. The van der Waals surface area contributed by atoms with E-state index < -0.39 is 33.8 Å². The van der Waals surface area contributed by atoms with Crippen LogP contribution in [0, 0.1) is 12.7 Å². The second-order valence-electron chi connectivity index (χ2n) is 6.77. The number of halogens is 1. The zero-order chi connectivity index (χ0) is 21.8. The molecule has 2 N–H and O–H groups in total. The van der Waals surface area contributed by atoms with Gasteiger partial charge in [-0.15, -0.1) is 0 Å². The largest absolute Gasteiger partial charge is 0.449 e. The maximum Gasteiger partial charge on any atom is 0.339 e. The monoisotopic (exact) mass is 422 g/mol. The Kier molecular flexibility index (Phi) is 6.97. The number of benzene rings is 2. The van der Waals surface area contributed by atoms with Crippen LogP contribution in [0.3, 0.4) is 0 Å². The zero-order valence-electron chi connectivity index (χ0n) is 16.5. The van der Waals surface area contributed by atoms with Gasteiger partial charge in [-0.05, 0) is 57.5 Å². The molecule has 0 aliphatic heterocycles. The van der Waals surface area contributed by atoms with Crippen LogP contribution in [0.25, 0.3) is 0 Å². The number of para-hydroxylation sites is 1. The Bertz CT molecular complexity index is 1020. The number of carbonyl (C=O) groups excluding carboxylic acids is 2. The van der Waals surface area contributed by atoms with Gasteiger partial charge in [-0.3, -0.25) is 9.52 Å². The molecule has 1 atom stereocenters. The predicted molar refractivity (Wildman–Crippen MR) is 107 cm³/mol. The molecular formula is C20H23FN2O5S. The summed E-state index contributed by atoms with van der Waals surface area (Å²) >= 11 is 0. The van der Waals surface area contributed by atoms with Crippen molar-refractivity contribution in [2.75, 3.05) is 4.72 Å². The Morgan fingerprint density at radius 1 is 1.07 bits per heavy atom. The number of anilines is 1.